The molecule has 0 saturated carbocycles. The van der Waals surface area contributed by atoms with Gasteiger partial charge >= 0.3 is 0 Å². The van der Waals surface area contributed by atoms with Gasteiger partial charge in [0.05, 0.1) is 0 Å². The first kappa shape index (κ1) is 26.8. The lowest BCUT2D eigenvalue weighted by atomic mass is 10.0. The largest absolute Gasteiger partial charge is 0.324 e. The summed E-state index contributed by atoms with van der Waals surface area (Å²) < 4.78 is 2.11. The number of aryl methyl sites for hydroxylation is 2. The van der Waals surface area contributed by atoms with Gasteiger partial charge in [-0.25, -0.2) is 15.8 Å². The Hall–Kier alpha value is -1.44. The molecule has 0 spiro atoms. The highest BCUT2D eigenvalue weighted by Gasteiger charge is 2.14. The van der Waals surface area contributed by atoms with Gasteiger partial charge in [-0.05, 0) is 31.4 Å². The van der Waals surface area contributed by atoms with E-state index < -0.39 is 0 Å². The van der Waals surface area contributed by atoms with Crippen molar-refractivity contribution in [3.05, 3.63) is 16.3 Å². The summed E-state index contributed by atoms with van der Waals surface area (Å²) in [6.45, 7) is 2.87. The van der Waals surface area contributed by atoms with Gasteiger partial charge in [-0.15, -0.1) is 0 Å². The highest BCUT2D eigenvalue weighted by molar-refractivity contribution is 6.35. The fourth-order valence-electron chi connectivity index (χ4n) is 4.11. The lowest BCUT2D eigenvalue weighted by Gasteiger charge is -2.07. The number of nitrogens with one attached hydrogen (secondary N) is 1. The summed E-state index contributed by atoms with van der Waals surface area (Å²) in [6, 6.07) is 0. The molecule has 2 rings (SSSR count). The number of rotatable bonds is 16. The maximum Gasteiger partial charge on any atom is 0.225 e. The first-order chi connectivity index (χ1) is 15.6. The maximum atomic E-state index is 6.26. The SMILES string of the molecule is CN=C(CCCCCCCCCCCCCCCn1c(C)nc2nc(Cl)nc(Cl)c21)NN. The number of nitrogens with two attached hydrogens (primary N) is 1. The van der Waals surface area contributed by atoms with E-state index in [2.05, 4.69) is 29.9 Å². The lowest BCUT2D eigenvalue weighted by molar-refractivity contribution is 0.525. The molecule has 0 unspecified atom stereocenters. The van der Waals surface area contributed by atoms with Crippen molar-refractivity contribution in [1.82, 2.24) is 24.9 Å². The van der Waals surface area contributed by atoms with Gasteiger partial charge < -0.3 is 9.99 Å². The molecule has 0 aliphatic rings. The average molecular weight is 485 g/mol. The lowest BCUT2D eigenvalue weighted by Crippen LogP contribution is -2.29. The predicted octanol–water partition coefficient (Wildman–Crippen LogP) is 6.39. The average Bonchev–Trinajstić information content (AvgIpc) is 3.08. The van der Waals surface area contributed by atoms with Gasteiger partial charge in [0.2, 0.25) is 5.28 Å². The Kier molecular flexibility index (Phi) is 12.9. The van der Waals surface area contributed by atoms with Gasteiger partial charge in [0, 0.05) is 20.0 Å². The van der Waals surface area contributed by atoms with Crippen LogP contribution in [-0.2, 0) is 6.54 Å². The third-order valence-corrected chi connectivity index (χ3v) is 6.39. The molecule has 0 saturated heterocycles. The molecule has 3 N–H and O–H groups in total. The Morgan fingerprint density at radius 2 is 1.38 bits per heavy atom. The Morgan fingerprint density at radius 3 is 1.91 bits per heavy atom. The van der Waals surface area contributed by atoms with Crippen LogP contribution in [-0.4, -0.2) is 32.4 Å². The molecule has 0 radical (unpaired) electrons. The van der Waals surface area contributed by atoms with Crippen molar-refractivity contribution < 1.29 is 0 Å². The van der Waals surface area contributed by atoms with Crippen LogP contribution in [0.1, 0.15) is 95.7 Å². The van der Waals surface area contributed by atoms with Crippen LogP contribution in [0.15, 0.2) is 4.99 Å². The minimum atomic E-state index is 0.143. The number of imidazole rings is 1. The molecule has 0 fully saturated rings. The van der Waals surface area contributed by atoms with Crippen molar-refractivity contribution in [1.29, 1.82) is 0 Å². The number of aliphatic imine (C=N–C) groups is 1. The van der Waals surface area contributed by atoms with Crippen molar-refractivity contribution in [3.63, 3.8) is 0 Å². The van der Waals surface area contributed by atoms with Gasteiger partial charge in [-0.2, -0.15) is 4.98 Å². The molecule has 0 amide bonds. The van der Waals surface area contributed by atoms with Crippen LogP contribution in [0, 0.1) is 6.92 Å². The van der Waals surface area contributed by atoms with Crippen molar-refractivity contribution in [3.8, 4) is 0 Å². The Balaban J connectivity index is 1.44. The highest BCUT2D eigenvalue weighted by atomic mass is 35.5. The molecule has 0 atom stereocenters. The molecule has 0 bridgehead atoms. The van der Waals surface area contributed by atoms with Crippen molar-refractivity contribution in [2.45, 2.75) is 103 Å². The van der Waals surface area contributed by atoms with E-state index in [1.807, 2.05) is 6.92 Å². The first-order valence-corrected chi connectivity index (χ1v) is 12.8. The number of halogens is 2. The maximum absolute atomic E-state index is 6.26. The zero-order chi connectivity index (χ0) is 23.2. The van der Waals surface area contributed by atoms with E-state index in [-0.39, 0.29) is 5.28 Å². The van der Waals surface area contributed by atoms with Gasteiger partial charge in [0.15, 0.2) is 10.8 Å². The van der Waals surface area contributed by atoms with Gasteiger partial charge in [-0.1, -0.05) is 82.2 Å². The Bertz CT molecular complexity index is 835. The molecular weight excluding hydrogens is 445 g/mol. The van der Waals surface area contributed by atoms with E-state index in [9.17, 15) is 0 Å². The highest BCUT2D eigenvalue weighted by Crippen LogP contribution is 2.24. The van der Waals surface area contributed by atoms with E-state index in [1.54, 1.807) is 7.05 Å². The molecular formula is C23H39Cl2N7. The summed E-state index contributed by atoms with van der Waals surface area (Å²) in [5.41, 5.74) is 4.02. The Labute approximate surface area is 202 Å². The van der Waals surface area contributed by atoms with Crippen LogP contribution in [0.5, 0.6) is 0 Å². The van der Waals surface area contributed by atoms with E-state index in [0.29, 0.717) is 10.8 Å². The molecule has 0 aliphatic heterocycles. The van der Waals surface area contributed by atoms with Crippen LogP contribution >= 0.6 is 23.2 Å². The van der Waals surface area contributed by atoms with Crippen LogP contribution in [0.2, 0.25) is 10.4 Å². The summed E-state index contributed by atoms with van der Waals surface area (Å²) in [5, 5.41) is 0.522. The van der Waals surface area contributed by atoms with E-state index in [4.69, 9.17) is 29.0 Å². The zero-order valence-corrected chi connectivity index (χ0v) is 21.2. The molecule has 2 heterocycles. The predicted molar refractivity (Wildman–Crippen MR) is 135 cm³/mol. The van der Waals surface area contributed by atoms with Crippen LogP contribution in [0.4, 0.5) is 0 Å². The zero-order valence-electron chi connectivity index (χ0n) is 19.7. The van der Waals surface area contributed by atoms with Gasteiger partial charge in [0.25, 0.3) is 0 Å². The first-order valence-electron chi connectivity index (χ1n) is 12.0. The van der Waals surface area contributed by atoms with Crippen LogP contribution in [0.25, 0.3) is 11.2 Å². The standard InChI is InChI=1S/C23H39Cl2N7/c1-18-28-22-20(21(24)29-23(25)30-22)32(18)17-15-13-11-9-7-5-3-4-6-8-10-12-14-16-19(27-2)31-26/h3-17,26H2,1-2H3,(H,27,31). The van der Waals surface area contributed by atoms with Crippen molar-refractivity contribution >= 4 is 40.2 Å². The number of amidine groups is 1. The van der Waals surface area contributed by atoms with Gasteiger partial charge in [0.1, 0.15) is 17.2 Å². The number of hydrogen-bond donors (Lipinski definition) is 2. The molecule has 2 aromatic rings. The second-order valence-electron chi connectivity index (χ2n) is 8.43. The minimum Gasteiger partial charge on any atom is -0.324 e. The summed E-state index contributed by atoms with van der Waals surface area (Å²) >= 11 is 12.1. The molecule has 0 aliphatic carbocycles. The summed E-state index contributed by atoms with van der Waals surface area (Å²) in [7, 11) is 1.78. The second-order valence-corrected chi connectivity index (χ2v) is 9.12. The second kappa shape index (κ2) is 15.4. The quantitative estimate of drug-likeness (QED) is 0.0547. The topological polar surface area (TPSA) is 94.0 Å². The molecule has 2 aromatic heterocycles. The fourth-order valence-corrected chi connectivity index (χ4v) is 4.58. The minimum absolute atomic E-state index is 0.143. The number of fused-ring (bicyclic) bond motifs is 1. The molecule has 0 aromatic carbocycles. The number of hydrazine groups is 1. The number of aromatic nitrogens is 4. The molecule has 9 heteroatoms. The fraction of sp³-hybridized carbons (Fsp3) is 0.739. The molecule has 32 heavy (non-hydrogen) atoms. The third-order valence-electron chi connectivity index (χ3n) is 5.96. The number of unbranched alkanes of at least 4 members (excludes halogenated alkanes) is 12. The van der Waals surface area contributed by atoms with Crippen molar-refractivity contribution in [2.75, 3.05) is 7.05 Å². The molecule has 180 valence electrons. The van der Waals surface area contributed by atoms with E-state index in [0.717, 1.165) is 36.6 Å². The van der Waals surface area contributed by atoms with E-state index >= 15 is 0 Å². The number of nitrogens with zero attached hydrogens (tertiary/aromatic N) is 5. The summed E-state index contributed by atoms with van der Waals surface area (Å²) in [4.78, 5) is 16.8. The normalized spacial score (nSPS) is 12.1. The third kappa shape index (κ3) is 9.20. The van der Waals surface area contributed by atoms with Crippen LogP contribution < -0.4 is 11.3 Å². The van der Waals surface area contributed by atoms with Crippen molar-refractivity contribution in [2.24, 2.45) is 10.8 Å². The van der Waals surface area contributed by atoms with Crippen LogP contribution in [0.3, 0.4) is 0 Å². The summed E-state index contributed by atoms with van der Waals surface area (Å²) in [5.74, 6) is 7.20. The summed E-state index contributed by atoms with van der Waals surface area (Å²) in [6.07, 6.45) is 17.8. The monoisotopic (exact) mass is 483 g/mol. The number of hydrogen-bond acceptors (Lipinski definition) is 5. The molecule has 7 nitrogen and oxygen atoms in total. The van der Waals surface area contributed by atoms with E-state index in [1.165, 1.54) is 77.0 Å². The van der Waals surface area contributed by atoms with Gasteiger partial charge in [-0.3, -0.25) is 4.99 Å². The Morgan fingerprint density at radius 1 is 0.844 bits per heavy atom. The smallest absolute Gasteiger partial charge is 0.225 e.